The van der Waals surface area contributed by atoms with Crippen LogP contribution in [0, 0.1) is 0 Å². The third-order valence-corrected chi connectivity index (χ3v) is 3.90. The lowest BCUT2D eigenvalue weighted by atomic mass is 10.1. The van der Waals surface area contributed by atoms with Gasteiger partial charge in [0, 0.05) is 6.42 Å². The van der Waals surface area contributed by atoms with E-state index in [4.69, 9.17) is 5.84 Å². The van der Waals surface area contributed by atoms with E-state index in [-0.39, 0.29) is 12.0 Å². The maximum absolute atomic E-state index is 10.9. The Morgan fingerprint density at radius 2 is 1.73 bits per heavy atom. The Morgan fingerprint density at radius 1 is 1.05 bits per heavy atom. The summed E-state index contributed by atoms with van der Waals surface area (Å²) in [6.07, 6.45) is 18.0. The van der Waals surface area contributed by atoms with Crippen molar-refractivity contribution in [2.45, 2.75) is 96.5 Å². The molecule has 0 radical (unpaired) electrons. The number of allylic oxidation sites excluding steroid dienone is 1. The molecular weight excluding hydrogens is 276 g/mol. The second kappa shape index (κ2) is 16.5. The van der Waals surface area contributed by atoms with Gasteiger partial charge in [-0.25, -0.2) is 5.84 Å². The van der Waals surface area contributed by atoms with Gasteiger partial charge in [0.2, 0.25) is 5.91 Å². The molecule has 130 valence electrons. The molecule has 4 N–H and O–H groups in total. The Labute approximate surface area is 136 Å². The summed E-state index contributed by atoms with van der Waals surface area (Å²) >= 11 is 0. The van der Waals surface area contributed by atoms with Gasteiger partial charge >= 0.3 is 0 Å². The molecule has 0 aromatic heterocycles. The minimum atomic E-state index is -0.165. The number of rotatable bonds is 15. The van der Waals surface area contributed by atoms with Crippen LogP contribution in [0.2, 0.25) is 0 Å². The fraction of sp³-hybridized carbons (Fsp3) is 0.833. The van der Waals surface area contributed by atoms with Crippen molar-refractivity contribution in [3.63, 3.8) is 0 Å². The van der Waals surface area contributed by atoms with Gasteiger partial charge in [0.15, 0.2) is 0 Å². The number of aliphatic hydroxyl groups is 1. The van der Waals surface area contributed by atoms with Crippen molar-refractivity contribution in [2.75, 3.05) is 0 Å². The molecule has 0 unspecified atom stereocenters. The lowest BCUT2D eigenvalue weighted by molar-refractivity contribution is -0.121. The normalized spacial score (nSPS) is 12.7. The molecule has 0 aliphatic rings. The van der Waals surface area contributed by atoms with Crippen molar-refractivity contribution in [2.24, 2.45) is 5.84 Å². The van der Waals surface area contributed by atoms with Crippen molar-refractivity contribution >= 4 is 5.91 Å². The van der Waals surface area contributed by atoms with Crippen molar-refractivity contribution in [1.82, 2.24) is 5.43 Å². The van der Waals surface area contributed by atoms with Crippen LogP contribution in [0.15, 0.2) is 12.2 Å². The van der Waals surface area contributed by atoms with Gasteiger partial charge in [-0.2, -0.15) is 0 Å². The SMILES string of the molecule is CCCCCC[C@@H](O)C/C=C\CCCCCCCC(=O)NN. The van der Waals surface area contributed by atoms with Gasteiger partial charge in [-0.05, 0) is 32.1 Å². The Bertz CT molecular complexity index is 280. The van der Waals surface area contributed by atoms with Crippen LogP contribution < -0.4 is 11.3 Å². The van der Waals surface area contributed by atoms with E-state index in [1.54, 1.807) is 0 Å². The standard InChI is InChI=1S/C18H36N2O2/c1-2-3-4-11-14-17(21)15-12-9-7-5-6-8-10-13-16-18(22)20-19/h9,12,17,21H,2-8,10-11,13-16,19H2,1H3,(H,20,22)/b12-9-/t17-/m1/s1. The van der Waals surface area contributed by atoms with Crippen LogP contribution in [-0.2, 0) is 4.79 Å². The molecule has 0 aliphatic carbocycles. The van der Waals surface area contributed by atoms with Crippen LogP contribution in [-0.4, -0.2) is 17.1 Å². The number of amides is 1. The Balaban J connectivity index is 3.28. The average molecular weight is 312 g/mol. The van der Waals surface area contributed by atoms with Crippen molar-refractivity contribution in [3.05, 3.63) is 12.2 Å². The first-order valence-corrected chi connectivity index (χ1v) is 9.03. The molecule has 0 aromatic carbocycles. The second-order valence-electron chi connectivity index (χ2n) is 6.08. The highest BCUT2D eigenvalue weighted by atomic mass is 16.3. The van der Waals surface area contributed by atoms with Crippen LogP contribution >= 0.6 is 0 Å². The summed E-state index contributed by atoms with van der Waals surface area (Å²) in [6, 6.07) is 0. The molecule has 0 fully saturated rings. The van der Waals surface area contributed by atoms with E-state index in [9.17, 15) is 9.90 Å². The molecule has 22 heavy (non-hydrogen) atoms. The van der Waals surface area contributed by atoms with Crippen LogP contribution in [0.1, 0.15) is 90.4 Å². The van der Waals surface area contributed by atoms with E-state index >= 15 is 0 Å². The number of nitrogens with two attached hydrogens (primary N) is 1. The molecular formula is C18H36N2O2. The van der Waals surface area contributed by atoms with Gasteiger partial charge in [0.05, 0.1) is 6.10 Å². The first-order chi connectivity index (χ1) is 10.7. The zero-order valence-corrected chi connectivity index (χ0v) is 14.4. The second-order valence-corrected chi connectivity index (χ2v) is 6.08. The predicted molar refractivity (Wildman–Crippen MR) is 93.2 cm³/mol. The number of hydrogen-bond acceptors (Lipinski definition) is 3. The van der Waals surface area contributed by atoms with E-state index in [1.165, 1.54) is 38.5 Å². The number of nitrogens with one attached hydrogen (secondary N) is 1. The summed E-state index contributed by atoms with van der Waals surface area (Å²) in [7, 11) is 0. The number of aliphatic hydroxyl groups excluding tert-OH is 1. The minimum absolute atomic E-state index is 0.0730. The molecule has 4 heteroatoms. The molecule has 0 aliphatic heterocycles. The van der Waals surface area contributed by atoms with Gasteiger partial charge < -0.3 is 5.11 Å². The lowest BCUT2D eigenvalue weighted by Crippen LogP contribution is -2.29. The molecule has 0 rings (SSSR count). The smallest absolute Gasteiger partial charge is 0.233 e. The summed E-state index contributed by atoms with van der Waals surface area (Å²) in [4.78, 5) is 10.9. The molecule has 1 amide bonds. The Kier molecular flexibility index (Phi) is 15.8. The molecule has 4 nitrogen and oxygen atoms in total. The Hall–Kier alpha value is -0.870. The highest BCUT2D eigenvalue weighted by molar-refractivity contribution is 5.74. The molecule has 0 bridgehead atoms. The zero-order valence-electron chi connectivity index (χ0n) is 14.4. The molecule has 0 heterocycles. The summed E-state index contributed by atoms with van der Waals surface area (Å²) < 4.78 is 0. The van der Waals surface area contributed by atoms with Gasteiger partial charge in [-0.1, -0.05) is 64.0 Å². The van der Waals surface area contributed by atoms with Gasteiger partial charge in [-0.3, -0.25) is 10.2 Å². The summed E-state index contributed by atoms with van der Waals surface area (Å²) in [5, 5.41) is 9.82. The van der Waals surface area contributed by atoms with E-state index in [0.717, 1.165) is 38.5 Å². The van der Waals surface area contributed by atoms with E-state index in [2.05, 4.69) is 24.5 Å². The summed E-state index contributed by atoms with van der Waals surface area (Å²) in [5.74, 6) is 4.94. The van der Waals surface area contributed by atoms with Crippen molar-refractivity contribution in [1.29, 1.82) is 0 Å². The number of unbranched alkanes of at least 4 members (excludes halogenated alkanes) is 8. The summed E-state index contributed by atoms with van der Waals surface area (Å²) in [5.41, 5.74) is 2.15. The van der Waals surface area contributed by atoms with E-state index < -0.39 is 0 Å². The first-order valence-electron chi connectivity index (χ1n) is 9.03. The highest BCUT2D eigenvalue weighted by Gasteiger charge is 2.00. The number of carbonyl (C=O) groups excluding carboxylic acids is 1. The fourth-order valence-corrected chi connectivity index (χ4v) is 2.45. The molecule has 1 atom stereocenters. The minimum Gasteiger partial charge on any atom is -0.393 e. The van der Waals surface area contributed by atoms with Crippen molar-refractivity contribution < 1.29 is 9.90 Å². The van der Waals surface area contributed by atoms with E-state index in [1.807, 2.05) is 0 Å². The quantitative estimate of drug-likeness (QED) is 0.141. The topological polar surface area (TPSA) is 75.3 Å². The maximum atomic E-state index is 10.9. The fourth-order valence-electron chi connectivity index (χ4n) is 2.45. The molecule has 0 aromatic rings. The van der Waals surface area contributed by atoms with Gasteiger partial charge in [-0.15, -0.1) is 0 Å². The Morgan fingerprint density at radius 3 is 2.45 bits per heavy atom. The van der Waals surface area contributed by atoms with E-state index in [0.29, 0.717) is 6.42 Å². The largest absolute Gasteiger partial charge is 0.393 e. The highest BCUT2D eigenvalue weighted by Crippen LogP contribution is 2.10. The monoisotopic (exact) mass is 312 g/mol. The predicted octanol–water partition coefficient (Wildman–Crippen LogP) is 3.98. The lowest BCUT2D eigenvalue weighted by Gasteiger charge is -2.07. The van der Waals surface area contributed by atoms with Crippen LogP contribution in [0.3, 0.4) is 0 Å². The maximum Gasteiger partial charge on any atom is 0.233 e. The third kappa shape index (κ3) is 15.5. The first kappa shape index (κ1) is 21.1. The molecule has 0 saturated carbocycles. The summed E-state index contributed by atoms with van der Waals surface area (Å²) in [6.45, 7) is 2.20. The third-order valence-electron chi connectivity index (χ3n) is 3.90. The number of carbonyl (C=O) groups is 1. The van der Waals surface area contributed by atoms with Crippen LogP contribution in [0.4, 0.5) is 0 Å². The van der Waals surface area contributed by atoms with Crippen molar-refractivity contribution in [3.8, 4) is 0 Å². The van der Waals surface area contributed by atoms with Gasteiger partial charge in [0.25, 0.3) is 0 Å². The van der Waals surface area contributed by atoms with Crippen LogP contribution in [0.25, 0.3) is 0 Å². The number of hydrazine groups is 1. The molecule has 0 spiro atoms. The zero-order chi connectivity index (χ0) is 16.5. The number of hydrogen-bond donors (Lipinski definition) is 3. The van der Waals surface area contributed by atoms with Crippen LogP contribution in [0.5, 0.6) is 0 Å². The molecule has 0 saturated heterocycles. The van der Waals surface area contributed by atoms with Gasteiger partial charge in [0.1, 0.15) is 0 Å². The average Bonchev–Trinajstić information content (AvgIpc) is 2.53.